The predicted octanol–water partition coefficient (Wildman–Crippen LogP) is 2.95. The average Bonchev–Trinajstić information content (AvgIpc) is 2.90. The van der Waals surface area contributed by atoms with Gasteiger partial charge in [0.2, 0.25) is 0 Å². The van der Waals surface area contributed by atoms with Gasteiger partial charge in [0.25, 0.3) is 5.91 Å². The van der Waals surface area contributed by atoms with E-state index in [-0.39, 0.29) is 5.91 Å². The van der Waals surface area contributed by atoms with Crippen LogP contribution < -0.4 is 0 Å². The van der Waals surface area contributed by atoms with Crippen molar-refractivity contribution in [1.82, 2.24) is 4.90 Å². The molecule has 1 aromatic heterocycles. The molecule has 0 saturated heterocycles. The van der Waals surface area contributed by atoms with E-state index in [1.54, 1.807) is 11.0 Å². The molecule has 1 amide bonds. The van der Waals surface area contributed by atoms with E-state index in [0.717, 1.165) is 22.4 Å². The molecule has 0 atom stereocenters. The SMILES string of the molecule is Cc1ccc(C(=O)N2CCc3sc(C(=O)O)cc3C2)cc1. The summed E-state index contributed by atoms with van der Waals surface area (Å²) in [4.78, 5) is 26.7. The molecule has 2 heterocycles. The number of carbonyl (C=O) groups excluding carboxylic acids is 1. The van der Waals surface area contributed by atoms with E-state index < -0.39 is 5.97 Å². The number of carbonyl (C=O) groups is 2. The van der Waals surface area contributed by atoms with Gasteiger partial charge in [-0.2, -0.15) is 0 Å². The molecular formula is C16H15NO3S. The molecular weight excluding hydrogens is 286 g/mol. The van der Waals surface area contributed by atoms with E-state index in [0.29, 0.717) is 23.5 Å². The van der Waals surface area contributed by atoms with Crippen LogP contribution in [0, 0.1) is 6.92 Å². The van der Waals surface area contributed by atoms with Crippen molar-refractivity contribution in [2.75, 3.05) is 6.54 Å². The Labute approximate surface area is 126 Å². The molecule has 2 aromatic rings. The highest BCUT2D eigenvalue weighted by Gasteiger charge is 2.24. The molecule has 0 bridgehead atoms. The first kappa shape index (κ1) is 13.8. The minimum absolute atomic E-state index is 0.00345. The van der Waals surface area contributed by atoms with Crippen LogP contribution in [0.1, 0.15) is 36.0 Å². The Balaban J connectivity index is 1.80. The Morgan fingerprint density at radius 2 is 1.95 bits per heavy atom. The van der Waals surface area contributed by atoms with Crippen LogP contribution in [0.5, 0.6) is 0 Å². The highest BCUT2D eigenvalue weighted by molar-refractivity contribution is 7.14. The molecule has 4 nitrogen and oxygen atoms in total. The van der Waals surface area contributed by atoms with Crippen LogP contribution in [0.4, 0.5) is 0 Å². The fourth-order valence-electron chi connectivity index (χ4n) is 2.49. The number of aryl methyl sites for hydroxylation is 1. The summed E-state index contributed by atoms with van der Waals surface area (Å²) >= 11 is 1.32. The van der Waals surface area contributed by atoms with Gasteiger partial charge in [-0.3, -0.25) is 4.79 Å². The molecule has 1 aliphatic heterocycles. The van der Waals surface area contributed by atoms with Gasteiger partial charge in [0, 0.05) is 23.5 Å². The molecule has 108 valence electrons. The number of benzene rings is 1. The lowest BCUT2D eigenvalue weighted by atomic mass is 10.1. The van der Waals surface area contributed by atoms with Gasteiger partial charge >= 0.3 is 5.97 Å². The van der Waals surface area contributed by atoms with Crippen LogP contribution in [0.2, 0.25) is 0 Å². The summed E-state index contributed by atoms with van der Waals surface area (Å²) in [6.07, 6.45) is 0.727. The Morgan fingerprint density at radius 1 is 1.24 bits per heavy atom. The van der Waals surface area contributed by atoms with Crippen LogP contribution in [0.25, 0.3) is 0 Å². The number of carboxylic acid groups (broad SMARTS) is 1. The molecule has 0 spiro atoms. The largest absolute Gasteiger partial charge is 0.477 e. The van der Waals surface area contributed by atoms with Crippen molar-refractivity contribution < 1.29 is 14.7 Å². The van der Waals surface area contributed by atoms with Crippen molar-refractivity contribution >= 4 is 23.2 Å². The van der Waals surface area contributed by atoms with Gasteiger partial charge in [0.05, 0.1) is 0 Å². The molecule has 1 aromatic carbocycles. The van der Waals surface area contributed by atoms with E-state index in [1.807, 2.05) is 31.2 Å². The van der Waals surface area contributed by atoms with E-state index in [4.69, 9.17) is 5.11 Å². The Kier molecular flexibility index (Phi) is 3.51. The summed E-state index contributed by atoms with van der Waals surface area (Å²) in [6, 6.07) is 9.22. The van der Waals surface area contributed by atoms with Crippen molar-refractivity contribution in [2.45, 2.75) is 19.9 Å². The fourth-order valence-corrected chi connectivity index (χ4v) is 3.49. The summed E-state index contributed by atoms with van der Waals surface area (Å²) < 4.78 is 0. The van der Waals surface area contributed by atoms with Crippen molar-refractivity contribution in [3.63, 3.8) is 0 Å². The van der Waals surface area contributed by atoms with Gasteiger partial charge in [0.1, 0.15) is 4.88 Å². The second kappa shape index (κ2) is 5.33. The van der Waals surface area contributed by atoms with Gasteiger partial charge in [-0.05, 0) is 37.1 Å². The number of thiophene rings is 1. The molecule has 0 saturated carbocycles. The van der Waals surface area contributed by atoms with Crippen LogP contribution in [0.15, 0.2) is 30.3 Å². The summed E-state index contributed by atoms with van der Waals surface area (Å²) in [5.41, 5.74) is 2.76. The third-order valence-corrected chi connectivity index (χ3v) is 4.89. The van der Waals surface area contributed by atoms with Gasteiger partial charge in [-0.25, -0.2) is 4.79 Å². The van der Waals surface area contributed by atoms with Crippen molar-refractivity contribution in [2.24, 2.45) is 0 Å². The molecule has 3 rings (SSSR count). The second-order valence-corrected chi connectivity index (χ2v) is 6.34. The number of nitrogens with zero attached hydrogens (tertiary/aromatic N) is 1. The van der Waals surface area contributed by atoms with Crippen LogP contribution in [-0.4, -0.2) is 28.4 Å². The molecule has 0 fully saturated rings. The molecule has 21 heavy (non-hydrogen) atoms. The Hall–Kier alpha value is -2.14. The maximum Gasteiger partial charge on any atom is 0.345 e. The summed E-state index contributed by atoms with van der Waals surface area (Å²) in [7, 11) is 0. The molecule has 1 aliphatic rings. The lowest BCUT2D eigenvalue weighted by molar-refractivity contribution is 0.0701. The maximum absolute atomic E-state index is 12.5. The van der Waals surface area contributed by atoms with Crippen LogP contribution >= 0.6 is 11.3 Å². The summed E-state index contributed by atoms with van der Waals surface area (Å²) in [6.45, 7) is 3.12. The molecule has 5 heteroatoms. The molecule has 0 radical (unpaired) electrons. The lowest BCUT2D eigenvalue weighted by Gasteiger charge is -2.27. The van der Waals surface area contributed by atoms with Crippen molar-refractivity contribution in [3.8, 4) is 0 Å². The zero-order valence-corrected chi connectivity index (χ0v) is 12.4. The van der Waals surface area contributed by atoms with Crippen LogP contribution in [0.3, 0.4) is 0 Å². The van der Waals surface area contributed by atoms with Gasteiger partial charge in [-0.15, -0.1) is 11.3 Å². The quantitative estimate of drug-likeness (QED) is 0.928. The van der Waals surface area contributed by atoms with E-state index >= 15 is 0 Å². The number of fused-ring (bicyclic) bond motifs is 1. The maximum atomic E-state index is 12.5. The highest BCUT2D eigenvalue weighted by atomic mass is 32.1. The number of hydrogen-bond donors (Lipinski definition) is 1. The standard InChI is InChI=1S/C16H15NO3S/c1-10-2-4-11(5-3-10)15(18)17-7-6-13-12(9-17)8-14(21-13)16(19)20/h2-5,8H,6-7,9H2,1H3,(H,19,20). The summed E-state index contributed by atoms with van der Waals surface area (Å²) in [5.74, 6) is -0.894. The normalized spacial score (nSPS) is 13.9. The van der Waals surface area contributed by atoms with Gasteiger partial charge in [0.15, 0.2) is 0 Å². The minimum Gasteiger partial charge on any atom is -0.477 e. The van der Waals surface area contributed by atoms with E-state index in [1.165, 1.54) is 11.3 Å². The minimum atomic E-state index is -0.897. The van der Waals surface area contributed by atoms with E-state index in [9.17, 15) is 9.59 Å². The van der Waals surface area contributed by atoms with Crippen LogP contribution in [-0.2, 0) is 13.0 Å². The predicted molar refractivity (Wildman–Crippen MR) is 80.9 cm³/mol. The molecule has 0 aliphatic carbocycles. The first-order valence-electron chi connectivity index (χ1n) is 6.75. The number of amides is 1. The first-order chi connectivity index (χ1) is 10.0. The smallest absolute Gasteiger partial charge is 0.345 e. The number of carboxylic acids is 1. The van der Waals surface area contributed by atoms with Gasteiger partial charge < -0.3 is 10.0 Å². The fraction of sp³-hybridized carbons (Fsp3) is 0.250. The van der Waals surface area contributed by atoms with Gasteiger partial charge in [-0.1, -0.05) is 17.7 Å². The monoisotopic (exact) mass is 301 g/mol. The number of rotatable bonds is 2. The topological polar surface area (TPSA) is 57.6 Å². The zero-order valence-electron chi connectivity index (χ0n) is 11.6. The second-order valence-electron chi connectivity index (χ2n) is 5.21. The Morgan fingerprint density at radius 3 is 2.62 bits per heavy atom. The molecule has 0 unspecified atom stereocenters. The molecule has 1 N–H and O–H groups in total. The zero-order chi connectivity index (χ0) is 15.0. The third-order valence-electron chi connectivity index (χ3n) is 3.66. The first-order valence-corrected chi connectivity index (χ1v) is 7.57. The Bertz CT molecular complexity index is 703. The lowest BCUT2D eigenvalue weighted by Crippen LogP contribution is -2.35. The highest BCUT2D eigenvalue weighted by Crippen LogP contribution is 2.28. The summed E-state index contributed by atoms with van der Waals surface area (Å²) in [5, 5.41) is 9.04. The number of hydrogen-bond acceptors (Lipinski definition) is 3. The van der Waals surface area contributed by atoms with E-state index in [2.05, 4.69) is 0 Å². The average molecular weight is 301 g/mol. The third kappa shape index (κ3) is 2.69. The number of aromatic carboxylic acids is 1. The van der Waals surface area contributed by atoms with Crippen molar-refractivity contribution in [3.05, 3.63) is 56.8 Å². The van der Waals surface area contributed by atoms with Crippen molar-refractivity contribution in [1.29, 1.82) is 0 Å².